The van der Waals surface area contributed by atoms with Crippen molar-refractivity contribution in [3.8, 4) is 11.9 Å². The third-order valence-electron chi connectivity index (χ3n) is 8.18. The second-order valence-electron chi connectivity index (χ2n) is 11.4. The standard InChI is InChI=1S/C35H50N4O3/c1-7-10-12-14-16-18-27(17-15-13-11-8-2)39-34(40)30-25(5)38-33-24(4)23-37-35(42-9-3)32(33)31(30)28-20-19-26(22-36)21-29(28)41-6/h19-20,23,27,29H,7-18,21H2,1-6H3,(H,39,40). The van der Waals surface area contributed by atoms with Crippen molar-refractivity contribution in [3.05, 3.63) is 46.3 Å². The lowest BCUT2D eigenvalue weighted by atomic mass is 9.85. The highest BCUT2D eigenvalue weighted by molar-refractivity contribution is 6.09. The van der Waals surface area contributed by atoms with Crippen LogP contribution in [0.3, 0.4) is 0 Å². The molecule has 1 aliphatic carbocycles. The molecule has 3 rings (SSSR count). The van der Waals surface area contributed by atoms with Crippen molar-refractivity contribution in [2.45, 2.75) is 124 Å². The molecule has 0 spiro atoms. The van der Waals surface area contributed by atoms with Crippen molar-refractivity contribution in [2.24, 2.45) is 0 Å². The number of aryl methyl sites for hydroxylation is 2. The van der Waals surface area contributed by atoms with Gasteiger partial charge in [-0.05, 0) is 50.8 Å². The van der Waals surface area contributed by atoms with E-state index in [0.29, 0.717) is 41.1 Å². The van der Waals surface area contributed by atoms with Crippen LogP contribution in [0, 0.1) is 25.2 Å². The molecule has 2 aromatic heterocycles. The molecule has 0 bridgehead atoms. The van der Waals surface area contributed by atoms with Crippen molar-refractivity contribution in [1.82, 2.24) is 15.3 Å². The van der Waals surface area contributed by atoms with Gasteiger partial charge in [-0.15, -0.1) is 0 Å². The van der Waals surface area contributed by atoms with Crippen molar-refractivity contribution in [1.29, 1.82) is 5.26 Å². The Morgan fingerprint density at radius 3 is 2.33 bits per heavy atom. The molecule has 0 aromatic carbocycles. The highest BCUT2D eigenvalue weighted by Gasteiger charge is 2.31. The molecule has 2 unspecified atom stereocenters. The zero-order valence-corrected chi connectivity index (χ0v) is 26.6. The predicted octanol–water partition coefficient (Wildman–Crippen LogP) is 8.33. The van der Waals surface area contributed by atoms with Crippen LogP contribution in [0.25, 0.3) is 16.5 Å². The normalized spacial score (nSPS) is 15.6. The van der Waals surface area contributed by atoms with Gasteiger partial charge < -0.3 is 14.8 Å². The zero-order valence-electron chi connectivity index (χ0n) is 26.6. The maximum atomic E-state index is 14.3. The average molecular weight is 575 g/mol. The molecule has 42 heavy (non-hydrogen) atoms. The van der Waals surface area contributed by atoms with E-state index in [1.165, 1.54) is 44.9 Å². The number of hydrogen-bond acceptors (Lipinski definition) is 6. The van der Waals surface area contributed by atoms with E-state index >= 15 is 0 Å². The summed E-state index contributed by atoms with van der Waals surface area (Å²) in [7, 11) is 1.65. The predicted molar refractivity (Wildman–Crippen MR) is 171 cm³/mol. The fourth-order valence-electron chi connectivity index (χ4n) is 5.86. The molecule has 2 heterocycles. The smallest absolute Gasteiger partial charge is 0.253 e. The van der Waals surface area contributed by atoms with Crippen molar-refractivity contribution in [2.75, 3.05) is 13.7 Å². The fourth-order valence-corrected chi connectivity index (χ4v) is 5.86. The van der Waals surface area contributed by atoms with Gasteiger partial charge in [0.2, 0.25) is 5.88 Å². The van der Waals surface area contributed by atoms with Crippen LogP contribution < -0.4 is 10.1 Å². The minimum Gasteiger partial charge on any atom is -0.477 e. The Kier molecular flexibility index (Phi) is 13.5. The van der Waals surface area contributed by atoms with Gasteiger partial charge in [0.1, 0.15) is 0 Å². The number of carbonyl (C=O) groups is 1. The summed E-state index contributed by atoms with van der Waals surface area (Å²) < 4.78 is 11.9. The number of ether oxygens (including phenoxy) is 2. The molecule has 228 valence electrons. The number of hydrogen-bond donors (Lipinski definition) is 1. The van der Waals surface area contributed by atoms with Gasteiger partial charge in [-0.2, -0.15) is 5.26 Å². The molecular weight excluding hydrogens is 524 g/mol. The molecule has 7 heteroatoms. The lowest BCUT2D eigenvalue weighted by molar-refractivity contribution is 0.0930. The first-order valence-corrected chi connectivity index (χ1v) is 16.0. The van der Waals surface area contributed by atoms with E-state index < -0.39 is 0 Å². The van der Waals surface area contributed by atoms with Crippen LogP contribution in [0.2, 0.25) is 0 Å². The van der Waals surface area contributed by atoms with Gasteiger partial charge in [-0.3, -0.25) is 9.78 Å². The molecule has 0 fully saturated rings. The average Bonchev–Trinajstić information content (AvgIpc) is 2.99. The number of nitrogens with zero attached hydrogens (tertiary/aromatic N) is 3. The van der Waals surface area contributed by atoms with E-state index in [1.54, 1.807) is 13.3 Å². The second kappa shape index (κ2) is 17.0. The minimum absolute atomic E-state index is 0.101. The summed E-state index contributed by atoms with van der Waals surface area (Å²) in [6.07, 6.45) is 18.2. The molecule has 1 N–H and O–H groups in total. The molecule has 1 aliphatic rings. The third kappa shape index (κ3) is 8.41. The molecule has 0 radical (unpaired) electrons. The van der Waals surface area contributed by atoms with Gasteiger partial charge in [-0.25, -0.2) is 4.98 Å². The fraction of sp³-hybridized carbons (Fsp3) is 0.600. The summed E-state index contributed by atoms with van der Waals surface area (Å²) in [5, 5.41) is 13.7. The van der Waals surface area contributed by atoms with Gasteiger partial charge >= 0.3 is 0 Å². The van der Waals surface area contributed by atoms with E-state index in [2.05, 4.69) is 30.2 Å². The van der Waals surface area contributed by atoms with Gasteiger partial charge in [0.25, 0.3) is 5.91 Å². The molecule has 0 saturated carbocycles. The number of pyridine rings is 2. The SMILES string of the molecule is CCCCCCCC(CCCCCC)NC(=O)c1c(C)nc2c(C)cnc(OCC)c2c1C1=CC=C(C#N)CC1OC. The zero-order chi connectivity index (χ0) is 30.5. The van der Waals surface area contributed by atoms with Crippen LogP contribution in [-0.2, 0) is 4.74 Å². The van der Waals surface area contributed by atoms with E-state index in [1.807, 2.05) is 32.9 Å². The van der Waals surface area contributed by atoms with Gasteiger partial charge in [0, 0.05) is 36.9 Å². The number of amides is 1. The maximum Gasteiger partial charge on any atom is 0.253 e. The van der Waals surface area contributed by atoms with E-state index in [-0.39, 0.29) is 18.1 Å². The van der Waals surface area contributed by atoms with Crippen molar-refractivity contribution < 1.29 is 14.3 Å². The number of methoxy groups -OCH3 is 1. The van der Waals surface area contributed by atoms with Crippen LogP contribution in [0.1, 0.15) is 125 Å². The minimum atomic E-state index is -0.389. The van der Waals surface area contributed by atoms with E-state index in [4.69, 9.17) is 14.5 Å². The lowest BCUT2D eigenvalue weighted by Gasteiger charge is -2.27. The van der Waals surface area contributed by atoms with E-state index in [9.17, 15) is 10.1 Å². The number of allylic oxidation sites excluding steroid dienone is 2. The molecular formula is C35H50N4O3. The summed E-state index contributed by atoms with van der Waals surface area (Å²) in [6.45, 7) is 10.7. The third-order valence-corrected chi connectivity index (χ3v) is 8.18. The Morgan fingerprint density at radius 2 is 1.71 bits per heavy atom. The molecule has 1 amide bonds. The summed E-state index contributed by atoms with van der Waals surface area (Å²) >= 11 is 0. The first-order valence-electron chi connectivity index (χ1n) is 16.0. The van der Waals surface area contributed by atoms with Crippen LogP contribution >= 0.6 is 0 Å². The Morgan fingerprint density at radius 1 is 1.05 bits per heavy atom. The topological polar surface area (TPSA) is 97.1 Å². The number of carbonyl (C=O) groups excluding carboxylic acids is 1. The van der Waals surface area contributed by atoms with Crippen LogP contribution in [-0.4, -0.2) is 41.7 Å². The van der Waals surface area contributed by atoms with Crippen molar-refractivity contribution in [3.63, 3.8) is 0 Å². The number of unbranched alkanes of at least 4 members (excludes halogenated alkanes) is 7. The Bertz CT molecular complexity index is 1310. The highest BCUT2D eigenvalue weighted by atomic mass is 16.5. The number of nitrogens with one attached hydrogen (secondary N) is 1. The summed E-state index contributed by atoms with van der Waals surface area (Å²) in [5.74, 6) is 0.327. The largest absolute Gasteiger partial charge is 0.477 e. The lowest BCUT2D eigenvalue weighted by Crippen LogP contribution is -2.36. The quantitative estimate of drug-likeness (QED) is 0.191. The Balaban J connectivity index is 2.13. The maximum absolute atomic E-state index is 14.3. The molecule has 0 aliphatic heterocycles. The van der Waals surface area contributed by atoms with Crippen LogP contribution in [0.15, 0.2) is 23.9 Å². The van der Waals surface area contributed by atoms with Gasteiger partial charge in [0.05, 0.1) is 40.9 Å². The molecule has 7 nitrogen and oxygen atoms in total. The van der Waals surface area contributed by atoms with E-state index in [0.717, 1.165) is 47.9 Å². The summed E-state index contributed by atoms with van der Waals surface area (Å²) in [4.78, 5) is 23.9. The van der Waals surface area contributed by atoms with Gasteiger partial charge in [-0.1, -0.05) is 77.7 Å². The molecule has 2 aromatic rings. The second-order valence-corrected chi connectivity index (χ2v) is 11.4. The number of aromatic nitrogens is 2. The van der Waals surface area contributed by atoms with Crippen molar-refractivity contribution >= 4 is 22.4 Å². The summed E-state index contributed by atoms with van der Waals surface area (Å²) in [6, 6.07) is 2.36. The number of nitriles is 1. The Hall–Kier alpha value is -3.24. The Labute approximate surface area is 252 Å². The number of rotatable bonds is 17. The van der Waals surface area contributed by atoms with Crippen LogP contribution in [0.4, 0.5) is 0 Å². The number of fused-ring (bicyclic) bond motifs is 1. The highest BCUT2D eigenvalue weighted by Crippen LogP contribution is 2.40. The first kappa shape index (κ1) is 33.3. The van der Waals surface area contributed by atoms with Crippen LogP contribution in [0.5, 0.6) is 5.88 Å². The first-order chi connectivity index (χ1) is 20.4. The molecule has 0 saturated heterocycles. The monoisotopic (exact) mass is 574 g/mol. The summed E-state index contributed by atoms with van der Waals surface area (Å²) in [5.41, 5.74) is 5.07. The molecule has 2 atom stereocenters. The van der Waals surface area contributed by atoms with Gasteiger partial charge in [0.15, 0.2) is 0 Å².